The molecule has 0 bridgehead atoms. The molecule has 0 aliphatic carbocycles. The van der Waals surface area contributed by atoms with Crippen molar-refractivity contribution in [1.29, 1.82) is 0 Å². The van der Waals surface area contributed by atoms with E-state index < -0.39 is 0 Å². The largest absolute Gasteiger partial charge is 0.497 e. The monoisotopic (exact) mass is 265 g/mol. The number of carbonyl (C=O) groups is 1. The van der Waals surface area contributed by atoms with Gasteiger partial charge in [-0.05, 0) is 38.1 Å². The number of benzene rings is 1. The second-order valence-corrected chi connectivity index (χ2v) is 4.46. The average molecular weight is 265 g/mol. The molecule has 0 N–H and O–H groups in total. The highest BCUT2D eigenvalue weighted by Gasteiger charge is 2.05. The molecule has 0 amide bonds. The lowest BCUT2D eigenvalue weighted by Gasteiger charge is -2.16. The third kappa shape index (κ3) is 6.25. The summed E-state index contributed by atoms with van der Waals surface area (Å²) in [6.45, 7) is 3.93. The van der Waals surface area contributed by atoms with E-state index in [0.29, 0.717) is 13.0 Å². The molecule has 19 heavy (non-hydrogen) atoms. The number of rotatable bonds is 8. The minimum Gasteiger partial charge on any atom is -0.497 e. The molecule has 0 atom stereocenters. The van der Waals surface area contributed by atoms with Crippen molar-refractivity contribution in [3.8, 4) is 5.75 Å². The Morgan fingerprint density at radius 1 is 1.21 bits per heavy atom. The maximum atomic E-state index is 11.2. The summed E-state index contributed by atoms with van der Waals surface area (Å²) in [5.74, 6) is 0.748. The first-order valence-corrected chi connectivity index (χ1v) is 6.62. The van der Waals surface area contributed by atoms with Crippen LogP contribution in [0.1, 0.15) is 18.9 Å². The van der Waals surface area contributed by atoms with Gasteiger partial charge in [-0.1, -0.05) is 12.1 Å². The summed E-state index contributed by atoms with van der Waals surface area (Å²) in [6.07, 6.45) is 1.41. The highest BCUT2D eigenvalue weighted by molar-refractivity contribution is 5.69. The van der Waals surface area contributed by atoms with Crippen LogP contribution in [0.15, 0.2) is 24.3 Å². The predicted molar refractivity (Wildman–Crippen MR) is 75.4 cm³/mol. The molecule has 0 saturated carbocycles. The van der Waals surface area contributed by atoms with Crippen LogP contribution in [0.5, 0.6) is 5.75 Å². The van der Waals surface area contributed by atoms with Crippen molar-refractivity contribution < 1.29 is 14.3 Å². The van der Waals surface area contributed by atoms with Crippen molar-refractivity contribution >= 4 is 5.97 Å². The Morgan fingerprint density at radius 2 is 1.89 bits per heavy atom. The molecule has 4 heteroatoms. The van der Waals surface area contributed by atoms with Crippen LogP contribution in [0, 0.1) is 0 Å². The smallest absolute Gasteiger partial charge is 0.307 e. The van der Waals surface area contributed by atoms with Gasteiger partial charge in [0.15, 0.2) is 0 Å². The first-order valence-electron chi connectivity index (χ1n) is 6.62. The van der Waals surface area contributed by atoms with Gasteiger partial charge in [-0.2, -0.15) is 0 Å². The molecule has 4 nitrogen and oxygen atoms in total. The van der Waals surface area contributed by atoms with Crippen LogP contribution in [0.2, 0.25) is 0 Å². The molecule has 0 radical (unpaired) electrons. The Morgan fingerprint density at radius 3 is 2.47 bits per heavy atom. The van der Waals surface area contributed by atoms with Crippen LogP contribution in [0.3, 0.4) is 0 Å². The Hall–Kier alpha value is -1.55. The van der Waals surface area contributed by atoms with Crippen LogP contribution >= 0.6 is 0 Å². The van der Waals surface area contributed by atoms with Gasteiger partial charge in [0.2, 0.25) is 0 Å². The first-order chi connectivity index (χ1) is 9.15. The topological polar surface area (TPSA) is 38.8 Å². The number of hydrogen-bond donors (Lipinski definition) is 0. The molecule has 1 aromatic rings. The number of hydrogen-bond acceptors (Lipinski definition) is 4. The normalized spacial score (nSPS) is 10.5. The van der Waals surface area contributed by atoms with E-state index >= 15 is 0 Å². The maximum absolute atomic E-state index is 11.2. The maximum Gasteiger partial charge on any atom is 0.307 e. The van der Waals surface area contributed by atoms with E-state index in [2.05, 4.69) is 17.0 Å². The zero-order valence-electron chi connectivity index (χ0n) is 12.0. The number of ether oxygens (including phenoxy) is 2. The van der Waals surface area contributed by atoms with Crippen molar-refractivity contribution in [3.63, 3.8) is 0 Å². The third-order valence-electron chi connectivity index (χ3n) is 2.94. The highest BCUT2D eigenvalue weighted by Crippen LogP contribution is 2.11. The van der Waals surface area contributed by atoms with Gasteiger partial charge in [0.05, 0.1) is 20.1 Å². The summed E-state index contributed by atoms with van der Waals surface area (Å²) >= 11 is 0. The zero-order chi connectivity index (χ0) is 14.1. The standard InChI is InChI=1S/C15H23NO3/c1-4-19-15(17)10-12-16(2)11-9-13-5-7-14(18-3)8-6-13/h5-8H,4,9-12H2,1-3H3. The number of carbonyl (C=O) groups excluding carboxylic acids is 1. The number of esters is 1. The van der Waals surface area contributed by atoms with Crippen molar-refractivity contribution in [1.82, 2.24) is 4.90 Å². The summed E-state index contributed by atoms with van der Waals surface area (Å²) < 4.78 is 10.0. The van der Waals surface area contributed by atoms with Gasteiger partial charge in [-0.25, -0.2) is 0 Å². The van der Waals surface area contributed by atoms with Crippen LogP contribution in [-0.2, 0) is 16.0 Å². The highest BCUT2D eigenvalue weighted by atomic mass is 16.5. The molecule has 0 fully saturated rings. The summed E-state index contributed by atoms with van der Waals surface area (Å²) in [6, 6.07) is 8.07. The van der Waals surface area contributed by atoms with Crippen LogP contribution in [0.25, 0.3) is 0 Å². The second kappa shape index (κ2) is 8.53. The summed E-state index contributed by atoms with van der Waals surface area (Å²) in [4.78, 5) is 13.4. The SMILES string of the molecule is CCOC(=O)CCN(C)CCc1ccc(OC)cc1. The van der Waals surface area contributed by atoms with Gasteiger partial charge in [0.25, 0.3) is 0 Å². The van der Waals surface area contributed by atoms with Gasteiger partial charge >= 0.3 is 5.97 Å². The van der Waals surface area contributed by atoms with Crippen molar-refractivity contribution in [2.24, 2.45) is 0 Å². The molecule has 0 aromatic heterocycles. The Bertz CT molecular complexity index is 375. The third-order valence-corrected chi connectivity index (χ3v) is 2.94. The number of nitrogens with zero attached hydrogens (tertiary/aromatic N) is 1. The van der Waals surface area contributed by atoms with Gasteiger partial charge in [-0.3, -0.25) is 4.79 Å². The molecule has 0 unspecified atom stereocenters. The molecule has 0 heterocycles. The van der Waals surface area contributed by atoms with E-state index in [4.69, 9.17) is 9.47 Å². The first kappa shape index (κ1) is 15.5. The van der Waals surface area contributed by atoms with Crippen LogP contribution in [-0.4, -0.2) is 44.7 Å². The quantitative estimate of drug-likeness (QED) is 0.675. The zero-order valence-corrected chi connectivity index (χ0v) is 12.0. The molecule has 1 rings (SSSR count). The summed E-state index contributed by atoms with van der Waals surface area (Å²) in [5.41, 5.74) is 1.27. The second-order valence-electron chi connectivity index (χ2n) is 4.46. The van der Waals surface area contributed by atoms with Crippen LogP contribution < -0.4 is 4.74 Å². The molecule has 0 saturated heterocycles. The Balaban J connectivity index is 2.25. The van der Waals surface area contributed by atoms with Crippen molar-refractivity contribution in [2.75, 3.05) is 33.9 Å². The lowest BCUT2D eigenvalue weighted by molar-refractivity contribution is -0.143. The lowest BCUT2D eigenvalue weighted by atomic mass is 10.1. The fraction of sp³-hybridized carbons (Fsp3) is 0.533. The molecule has 0 aliphatic rings. The van der Waals surface area contributed by atoms with Gasteiger partial charge < -0.3 is 14.4 Å². The molecule has 0 spiro atoms. The summed E-state index contributed by atoms with van der Waals surface area (Å²) in [7, 11) is 3.68. The molecule has 106 valence electrons. The van der Waals surface area contributed by atoms with Gasteiger partial charge in [0, 0.05) is 13.1 Å². The number of methoxy groups -OCH3 is 1. The molecule has 0 aliphatic heterocycles. The van der Waals surface area contributed by atoms with Crippen molar-refractivity contribution in [2.45, 2.75) is 19.8 Å². The molecule has 1 aromatic carbocycles. The van der Waals surface area contributed by atoms with E-state index in [1.165, 1.54) is 5.56 Å². The Kier molecular flexibility index (Phi) is 6.97. The van der Waals surface area contributed by atoms with E-state index in [1.807, 2.05) is 26.1 Å². The number of likely N-dealkylation sites (N-methyl/N-ethyl adjacent to an activating group) is 1. The minimum absolute atomic E-state index is 0.126. The minimum atomic E-state index is -0.126. The van der Waals surface area contributed by atoms with Gasteiger partial charge in [-0.15, -0.1) is 0 Å². The predicted octanol–water partition coefficient (Wildman–Crippen LogP) is 2.12. The fourth-order valence-corrected chi connectivity index (χ4v) is 1.74. The molecular weight excluding hydrogens is 242 g/mol. The van der Waals surface area contributed by atoms with Crippen LogP contribution in [0.4, 0.5) is 0 Å². The lowest BCUT2D eigenvalue weighted by Crippen LogP contribution is -2.24. The van der Waals surface area contributed by atoms with E-state index in [1.54, 1.807) is 7.11 Å². The van der Waals surface area contributed by atoms with E-state index in [-0.39, 0.29) is 5.97 Å². The average Bonchev–Trinajstić information content (AvgIpc) is 2.44. The van der Waals surface area contributed by atoms with Gasteiger partial charge in [0.1, 0.15) is 5.75 Å². The Labute approximate surface area is 115 Å². The van der Waals surface area contributed by atoms with Crippen molar-refractivity contribution in [3.05, 3.63) is 29.8 Å². The molecular formula is C15H23NO3. The fourth-order valence-electron chi connectivity index (χ4n) is 1.74. The van der Waals surface area contributed by atoms with E-state index in [9.17, 15) is 4.79 Å². The van der Waals surface area contributed by atoms with E-state index in [0.717, 1.165) is 25.3 Å². The summed E-state index contributed by atoms with van der Waals surface area (Å²) in [5, 5.41) is 0.